The highest BCUT2D eigenvalue weighted by Crippen LogP contribution is 2.23. The number of hydrogen-bond acceptors (Lipinski definition) is 5. The monoisotopic (exact) mass is 394 g/mol. The Balaban J connectivity index is 1.51. The van der Waals surface area contributed by atoms with Crippen molar-refractivity contribution in [1.82, 2.24) is 20.2 Å². The van der Waals surface area contributed by atoms with Crippen molar-refractivity contribution in [2.24, 2.45) is 0 Å². The average molecular weight is 395 g/mol. The van der Waals surface area contributed by atoms with Crippen molar-refractivity contribution < 1.29 is 4.79 Å². The van der Waals surface area contributed by atoms with Crippen LogP contribution in [0.3, 0.4) is 0 Å². The number of pyridine rings is 1. The first-order valence-corrected chi connectivity index (χ1v) is 10.3. The molecule has 1 N–H and O–H groups in total. The first-order chi connectivity index (χ1) is 13.5. The zero-order chi connectivity index (χ0) is 19.9. The van der Waals surface area contributed by atoms with E-state index in [4.69, 9.17) is 0 Å². The fraction of sp³-hybridized carbons (Fsp3) is 0.318. The van der Waals surface area contributed by atoms with Gasteiger partial charge in [-0.1, -0.05) is 29.8 Å². The van der Waals surface area contributed by atoms with Crippen LogP contribution in [0.25, 0.3) is 10.6 Å². The number of likely N-dealkylation sites (N-methyl/N-ethyl adjacent to an activating group) is 1. The number of thiazole rings is 1. The molecule has 6 heteroatoms. The number of amides is 1. The van der Waals surface area contributed by atoms with Gasteiger partial charge < -0.3 is 10.2 Å². The lowest BCUT2D eigenvalue weighted by atomic mass is 10.0. The summed E-state index contributed by atoms with van der Waals surface area (Å²) in [7, 11) is 4.07. The lowest BCUT2D eigenvalue weighted by Crippen LogP contribution is -2.34. The Bertz CT molecular complexity index is 890. The number of nitrogens with one attached hydrogen (secondary N) is 1. The lowest BCUT2D eigenvalue weighted by Gasteiger charge is -2.25. The van der Waals surface area contributed by atoms with Crippen molar-refractivity contribution in [3.8, 4) is 10.6 Å². The number of rotatable bonds is 8. The van der Waals surface area contributed by atoms with E-state index in [0.29, 0.717) is 19.4 Å². The second kappa shape index (κ2) is 9.57. The summed E-state index contributed by atoms with van der Waals surface area (Å²) in [6.07, 6.45) is 4.63. The molecule has 1 atom stereocenters. The van der Waals surface area contributed by atoms with Crippen LogP contribution in [-0.4, -0.2) is 41.4 Å². The fourth-order valence-electron chi connectivity index (χ4n) is 2.97. The van der Waals surface area contributed by atoms with Crippen molar-refractivity contribution in [1.29, 1.82) is 0 Å². The first-order valence-electron chi connectivity index (χ1n) is 9.37. The second-order valence-corrected chi connectivity index (χ2v) is 7.94. The van der Waals surface area contributed by atoms with Gasteiger partial charge in [0.15, 0.2) is 0 Å². The van der Waals surface area contributed by atoms with E-state index < -0.39 is 0 Å². The SMILES string of the molecule is Cc1ccc(C(CNC(=O)CCc2csc(-c3cccnc3)n2)N(C)C)cc1. The van der Waals surface area contributed by atoms with Crippen molar-refractivity contribution in [3.63, 3.8) is 0 Å². The van der Waals surface area contributed by atoms with E-state index in [1.165, 1.54) is 11.1 Å². The molecule has 3 aromatic rings. The van der Waals surface area contributed by atoms with E-state index >= 15 is 0 Å². The van der Waals surface area contributed by atoms with Gasteiger partial charge in [-0.3, -0.25) is 9.78 Å². The summed E-state index contributed by atoms with van der Waals surface area (Å²) >= 11 is 1.59. The molecule has 28 heavy (non-hydrogen) atoms. The summed E-state index contributed by atoms with van der Waals surface area (Å²) < 4.78 is 0. The molecule has 2 aromatic heterocycles. The number of hydrogen-bond donors (Lipinski definition) is 1. The van der Waals surface area contributed by atoms with Crippen molar-refractivity contribution >= 4 is 17.2 Å². The van der Waals surface area contributed by atoms with Crippen LogP contribution >= 0.6 is 11.3 Å². The molecule has 1 unspecified atom stereocenters. The molecule has 1 aromatic carbocycles. The zero-order valence-electron chi connectivity index (χ0n) is 16.6. The van der Waals surface area contributed by atoms with Gasteiger partial charge in [0.1, 0.15) is 5.01 Å². The number of carbonyl (C=O) groups excluding carboxylic acids is 1. The van der Waals surface area contributed by atoms with Crippen LogP contribution < -0.4 is 5.32 Å². The predicted octanol–water partition coefficient (Wildman–Crippen LogP) is 3.87. The van der Waals surface area contributed by atoms with E-state index in [-0.39, 0.29) is 11.9 Å². The molecule has 0 spiro atoms. The van der Waals surface area contributed by atoms with E-state index in [1.54, 1.807) is 17.5 Å². The molecule has 0 aliphatic carbocycles. The first kappa shape index (κ1) is 20.2. The Morgan fingerprint density at radius 2 is 2.00 bits per heavy atom. The molecule has 2 heterocycles. The summed E-state index contributed by atoms with van der Waals surface area (Å²) in [5.74, 6) is 0.0508. The summed E-state index contributed by atoms with van der Waals surface area (Å²) in [5, 5.41) is 6.03. The normalized spacial score (nSPS) is 12.1. The molecule has 0 aliphatic rings. The molecule has 5 nitrogen and oxygen atoms in total. The zero-order valence-corrected chi connectivity index (χ0v) is 17.4. The molecule has 0 saturated carbocycles. The molecule has 0 saturated heterocycles. The van der Waals surface area contributed by atoms with E-state index in [0.717, 1.165) is 16.3 Å². The highest BCUT2D eigenvalue weighted by atomic mass is 32.1. The van der Waals surface area contributed by atoms with E-state index in [9.17, 15) is 4.79 Å². The predicted molar refractivity (Wildman–Crippen MR) is 114 cm³/mol. The maximum absolute atomic E-state index is 12.3. The molecule has 0 fully saturated rings. The van der Waals surface area contributed by atoms with Crippen LogP contribution in [0.5, 0.6) is 0 Å². The Kier molecular flexibility index (Phi) is 6.90. The highest BCUT2D eigenvalue weighted by Gasteiger charge is 2.15. The molecular weight excluding hydrogens is 368 g/mol. The lowest BCUT2D eigenvalue weighted by molar-refractivity contribution is -0.121. The van der Waals surface area contributed by atoms with Crippen LogP contribution in [0, 0.1) is 6.92 Å². The minimum Gasteiger partial charge on any atom is -0.354 e. The van der Waals surface area contributed by atoms with Gasteiger partial charge in [0.2, 0.25) is 5.91 Å². The summed E-state index contributed by atoms with van der Waals surface area (Å²) in [5.41, 5.74) is 4.40. The van der Waals surface area contributed by atoms with E-state index in [1.807, 2.05) is 37.8 Å². The van der Waals surface area contributed by atoms with Crippen LogP contribution in [0.1, 0.15) is 29.3 Å². The number of nitrogens with zero attached hydrogens (tertiary/aromatic N) is 3. The van der Waals surface area contributed by atoms with E-state index in [2.05, 4.69) is 51.4 Å². The van der Waals surface area contributed by atoms with Crippen molar-refractivity contribution in [2.75, 3.05) is 20.6 Å². The number of benzene rings is 1. The average Bonchev–Trinajstić information content (AvgIpc) is 3.17. The minimum atomic E-state index is 0.0508. The number of aromatic nitrogens is 2. The quantitative estimate of drug-likeness (QED) is 0.630. The van der Waals surface area contributed by atoms with Gasteiger partial charge in [-0.2, -0.15) is 0 Å². The Labute approximate surface area is 170 Å². The summed E-state index contributed by atoms with van der Waals surface area (Å²) in [6, 6.07) is 12.5. The van der Waals surface area contributed by atoms with Crippen LogP contribution in [0.15, 0.2) is 54.2 Å². The van der Waals surface area contributed by atoms with Gasteiger partial charge in [-0.15, -0.1) is 11.3 Å². The fourth-order valence-corrected chi connectivity index (χ4v) is 3.82. The Morgan fingerprint density at radius 1 is 1.21 bits per heavy atom. The van der Waals surface area contributed by atoms with Gasteiger partial charge in [0.25, 0.3) is 0 Å². The Morgan fingerprint density at radius 3 is 2.68 bits per heavy atom. The van der Waals surface area contributed by atoms with Crippen molar-refractivity contribution in [2.45, 2.75) is 25.8 Å². The Hall–Kier alpha value is -2.57. The molecule has 0 radical (unpaired) electrons. The van der Waals surface area contributed by atoms with Gasteiger partial charge in [0.05, 0.1) is 11.7 Å². The second-order valence-electron chi connectivity index (χ2n) is 7.08. The highest BCUT2D eigenvalue weighted by molar-refractivity contribution is 7.13. The molecule has 3 rings (SSSR count). The minimum absolute atomic E-state index is 0.0508. The standard InChI is InChI=1S/C22H26N4OS/c1-16-6-8-17(9-7-16)20(26(2)3)14-24-21(27)11-10-19-15-28-22(25-19)18-5-4-12-23-13-18/h4-9,12-13,15,20H,10-11,14H2,1-3H3,(H,24,27). The number of aryl methyl sites for hydroxylation is 2. The van der Waals surface area contributed by atoms with Gasteiger partial charge in [0, 0.05) is 36.3 Å². The molecule has 0 aliphatic heterocycles. The molecule has 146 valence electrons. The maximum atomic E-state index is 12.3. The largest absolute Gasteiger partial charge is 0.354 e. The third-order valence-corrected chi connectivity index (χ3v) is 5.59. The molecule has 1 amide bonds. The van der Waals surface area contributed by atoms with Crippen LogP contribution in [-0.2, 0) is 11.2 Å². The maximum Gasteiger partial charge on any atom is 0.220 e. The van der Waals surface area contributed by atoms with Gasteiger partial charge in [-0.25, -0.2) is 4.98 Å². The summed E-state index contributed by atoms with van der Waals surface area (Å²) in [6.45, 7) is 2.67. The van der Waals surface area contributed by atoms with Gasteiger partial charge in [-0.05, 0) is 45.1 Å². The molecular formula is C22H26N4OS. The molecule has 0 bridgehead atoms. The topological polar surface area (TPSA) is 58.1 Å². The smallest absolute Gasteiger partial charge is 0.220 e. The van der Waals surface area contributed by atoms with Gasteiger partial charge >= 0.3 is 0 Å². The number of carbonyl (C=O) groups is 1. The third-order valence-electron chi connectivity index (χ3n) is 4.65. The van der Waals surface area contributed by atoms with Crippen molar-refractivity contribution in [3.05, 3.63) is 71.0 Å². The van der Waals surface area contributed by atoms with Crippen LogP contribution in [0.4, 0.5) is 0 Å². The summed E-state index contributed by atoms with van der Waals surface area (Å²) in [4.78, 5) is 23.2. The third kappa shape index (κ3) is 5.47. The van der Waals surface area contributed by atoms with Crippen LogP contribution in [0.2, 0.25) is 0 Å².